The molecule has 23 heavy (non-hydrogen) atoms. The molecule has 0 radical (unpaired) electrons. The number of fused-ring (bicyclic) bond motifs is 1. The van der Waals surface area contributed by atoms with Crippen molar-refractivity contribution < 1.29 is 5.11 Å². The van der Waals surface area contributed by atoms with Crippen LogP contribution >= 0.6 is 11.3 Å². The highest BCUT2D eigenvalue weighted by molar-refractivity contribution is 7.11. The van der Waals surface area contributed by atoms with Crippen LogP contribution < -0.4 is 4.90 Å². The highest BCUT2D eigenvalue weighted by Crippen LogP contribution is 2.35. The zero-order valence-corrected chi connectivity index (χ0v) is 13.4. The van der Waals surface area contributed by atoms with Crippen LogP contribution in [0.4, 0.5) is 5.69 Å². The molecular formula is C18H15N3OS. The number of aromatic nitrogens is 1. The molecule has 0 bridgehead atoms. The zero-order valence-electron chi connectivity index (χ0n) is 12.6. The van der Waals surface area contributed by atoms with E-state index in [1.807, 2.05) is 47.5 Å². The van der Waals surface area contributed by atoms with Crippen molar-refractivity contribution in [3.8, 4) is 0 Å². The van der Waals surface area contributed by atoms with Crippen LogP contribution in [0.25, 0.3) is 16.3 Å². The van der Waals surface area contributed by atoms with Crippen LogP contribution in [-0.2, 0) is 0 Å². The Hall–Kier alpha value is -2.66. The van der Waals surface area contributed by atoms with E-state index in [9.17, 15) is 5.11 Å². The van der Waals surface area contributed by atoms with E-state index in [0.29, 0.717) is 23.0 Å². The Morgan fingerprint density at radius 1 is 1.17 bits per heavy atom. The molecule has 0 aliphatic carbocycles. The first-order valence-corrected chi connectivity index (χ1v) is 8.22. The largest absolute Gasteiger partial charge is 0.510 e. The molecule has 1 aliphatic rings. The molecule has 0 amide bonds. The van der Waals surface area contributed by atoms with Gasteiger partial charge in [0.15, 0.2) is 0 Å². The predicted octanol–water partition coefficient (Wildman–Crippen LogP) is 4.37. The van der Waals surface area contributed by atoms with Gasteiger partial charge in [0.2, 0.25) is 0 Å². The van der Waals surface area contributed by atoms with Crippen LogP contribution in [0.5, 0.6) is 0 Å². The van der Waals surface area contributed by atoms with Gasteiger partial charge in [-0.15, -0.1) is 11.3 Å². The third-order valence-electron chi connectivity index (χ3n) is 3.99. The zero-order chi connectivity index (χ0) is 16.0. The van der Waals surface area contributed by atoms with E-state index in [4.69, 9.17) is 5.41 Å². The summed E-state index contributed by atoms with van der Waals surface area (Å²) >= 11 is 1.46. The number of nitrogens with one attached hydrogen (secondary N) is 1. The molecule has 2 aromatic carbocycles. The first-order chi connectivity index (χ1) is 11.1. The van der Waals surface area contributed by atoms with Crippen LogP contribution in [0, 0.1) is 12.3 Å². The molecule has 1 aromatic heterocycles. The summed E-state index contributed by atoms with van der Waals surface area (Å²) in [5, 5.41) is 23.7. The lowest BCUT2D eigenvalue weighted by Crippen LogP contribution is -2.26. The summed E-state index contributed by atoms with van der Waals surface area (Å²) in [5.74, 6) is 0.505. The Labute approximate surface area is 137 Å². The van der Waals surface area contributed by atoms with Gasteiger partial charge in [-0.2, -0.15) is 0 Å². The van der Waals surface area contributed by atoms with Crippen molar-refractivity contribution in [1.29, 1.82) is 5.41 Å². The van der Waals surface area contributed by atoms with E-state index in [1.54, 1.807) is 0 Å². The molecule has 1 aliphatic heterocycles. The minimum absolute atomic E-state index is 0.206. The Bertz CT molecular complexity index is 952. The number of thiazole rings is 1. The highest BCUT2D eigenvalue weighted by Gasteiger charge is 2.31. The van der Waals surface area contributed by atoms with Gasteiger partial charge in [-0.3, -0.25) is 5.41 Å². The van der Waals surface area contributed by atoms with E-state index < -0.39 is 0 Å². The van der Waals surface area contributed by atoms with Gasteiger partial charge in [0.1, 0.15) is 16.6 Å². The lowest BCUT2D eigenvalue weighted by atomic mass is 10.1. The molecule has 0 saturated carbocycles. The third kappa shape index (κ3) is 2.21. The number of anilines is 1. The molecule has 0 atom stereocenters. The first kappa shape index (κ1) is 14.0. The Morgan fingerprint density at radius 3 is 2.74 bits per heavy atom. The fourth-order valence-electron chi connectivity index (χ4n) is 2.92. The van der Waals surface area contributed by atoms with Crippen molar-refractivity contribution in [3.05, 3.63) is 64.3 Å². The van der Waals surface area contributed by atoms with Crippen LogP contribution in [0.3, 0.4) is 0 Å². The van der Waals surface area contributed by atoms with E-state index >= 15 is 0 Å². The highest BCUT2D eigenvalue weighted by atomic mass is 32.1. The molecule has 2 N–H and O–H groups in total. The van der Waals surface area contributed by atoms with Gasteiger partial charge < -0.3 is 10.0 Å². The summed E-state index contributed by atoms with van der Waals surface area (Å²) in [5.41, 5.74) is 2.38. The predicted molar refractivity (Wildman–Crippen MR) is 95.4 cm³/mol. The van der Waals surface area contributed by atoms with E-state index in [1.165, 1.54) is 11.3 Å². The van der Waals surface area contributed by atoms with Crippen LogP contribution in [0.15, 0.2) is 53.6 Å². The number of aliphatic hydroxyl groups is 1. The summed E-state index contributed by atoms with van der Waals surface area (Å²) in [6.45, 7) is 2.22. The van der Waals surface area contributed by atoms with Crippen LogP contribution in [0.1, 0.15) is 10.7 Å². The fourth-order valence-corrected chi connectivity index (χ4v) is 3.79. The number of amidine groups is 1. The van der Waals surface area contributed by atoms with Crippen molar-refractivity contribution in [3.63, 3.8) is 0 Å². The normalized spacial score (nSPS) is 15.0. The number of aliphatic hydroxyl groups excluding tert-OH is 1. The van der Waals surface area contributed by atoms with Crippen molar-refractivity contribution in [2.75, 3.05) is 11.4 Å². The van der Waals surface area contributed by atoms with E-state index in [2.05, 4.69) is 17.1 Å². The number of hydrogen-bond donors (Lipinski definition) is 2. The second-order valence-corrected chi connectivity index (χ2v) is 6.41. The molecule has 0 unspecified atom stereocenters. The lowest BCUT2D eigenvalue weighted by Gasteiger charge is -2.20. The molecular weight excluding hydrogens is 306 g/mol. The van der Waals surface area contributed by atoms with Crippen LogP contribution in [-0.4, -0.2) is 22.5 Å². The summed E-state index contributed by atoms with van der Waals surface area (Å²) < 4.78 is 0. The van der Waals surface area contributed by atoms with Gasteiger partial charge in [0.05, 0.1) is 17.8 Å². The van der Waals surface area contributed by atoms with Crippen LogP contribution in [0.2, 0.25) is 0 Å². The summed E-state index contributed by atoms with van der Waals surface area (Å²) in [6.07, 6.45) is 0. The van der Waals surface area contributed by atoms with Gasteiger partial charge >= 0.3 is 0 Å². The van der Waals surface area contributed by atoms with Crippen molar-refractivity contribution >= 4 is 39.2 Å². The minimum atomic E-state index is 0.206. The molecule has 114 valence electrons. The topological polar surface area (TPSA) is 60.2 Å². The van der Waals surface area contributed by atoms with Gasteiger partial charge in [0.25, 0.3) is 0 Å². The Morgan fingerprint density at radius 2 is 1.96 bits per heavy atom. The van der Waals surface area contributed by atoms with Gasteiger partial charge in [-0.05, 0) is 18.4 Å². The molecule has 5 heteroatoms. The quantitative estimate of drug-likeness (QED) is 0.737. The standard InChI is InChI=1S/C18H15N3OS/c1-11-10-23-18(20-11)16-15(22)9-21(17(16)19)14-8-4-6-12-5-2-3-7-13(12)14/h2-8,10,19,22H,9H2,1H3. The number of rotatable bonds is 2. The second kappa shape index (κ2) is 5.21. The maximum Gasteiger partial charge on any atom is 0.139 e. The number of aryl methyl sites for hydroxylation is 1. The maximum absolute atomic E-state index is 10.4. The maximum atomic E-state index is 10.4. The van der Waals surface area contributed by atoms with E-state index in [0.717, 1.165) is 22.2 Å². The lowest BCUT2D eigenvalue weighted by molar-refractivity contribution is 0.411. The Kier molecular flexibility index (Phi) is 3.16. The molecule has 0 saturated heterocycles. The summed E-state index contributed by atoms with van der Waals surface area (Å²) in [4.78, 5) is 6.25. The molecule has 4 rings (SSSR count). The van der Waals surface area contributed by atoms with Crippen molar-refractivity contribution in [2.45, 2.75) is 6.92 Å². The van der Waals surface area contributed by atoms with Crippen molar-refractivity contribution in [2.24, 2.45) is 0 Å². The number of nitrogens with zero attached hydrogens (tertiary/aromatic N) is 2. The average molecular weight is 321 g/mol. The Balaban J connectivity index is 1.79. The SMILES string of the molecule is Cc1csc(C2=C(O)CN(c3cccc4ccccc34)C2=N)n1. The average Bonchev–Trinajstić information content (AvgIpc) is 3.10. The molecule has 2 heterocycles. The monoisotopic (exact) mass is 321 g/mol. The van der Waals surface area contributed by atoms with Crippen molar-refractivity contribution in [1.82, 2.24) is 4.98 Å². The molecule has 0 fully saturated rings. The van der Waals surface area contributed by atoms with Gasteiger partial charge in [-0.25, -0.2) is 4.98 Å². The van der Waals surface area contributed by atoms with Gasteiger partial charge in [0, 0.05) is 16.5 Å². The minimum Gasteiger partial charge on any atom is -0.510 e. The number of benzene rings is 2. The summed E-state index contributed by atoms with van der Waals surface area (Å²) in [7, 11) is 0. The first-order valence-electron chi connectivity index (χ1n) is 7.34. The third-order valence-corrected chi connectivity index (χ3v) is 4.97. The van der Waals surface area contributed by atoms with Gasteiger partial charge in [-0.1, -0.05) is 36.4 Å². The fraction of sp³-hybridized carbons (Fsp3) is 0.111. The number of hydrogen-bond acceptors (Lipinski definition) is 4. The summed E-state index contributed by atoms with van der Waals surface area (Å²) in [6, 6.07) is 14.1. The molecule has 0 spiro atoms. The molecule has 4 nitrogen and oxygen atoms in total. The van der Waals surface area contributed by atoms with E-state index in [-0.39, 0.29) is 5.76 Å². The second-order valence-electron chi connectivity index (χ2n) is 5.55. The molecule has 3 aromatic rings. The smallest absolute Gasteiger partial charge is 0.139 e.